The summed E-state index contributed by atoms with van der Waals surface area (Å²) in [7, 11) is 0. The van der Waals surface area contributed by atoms with E-state index in [0.717, 1.165) is 6.42 Å². The fourth-order valence-electron chi connectivity index (χ4n) is 0.265. The van der Waals surface area contributed by atoms with Gasteiger partial charge >= 0.3 is 0 Å². The molecule has 0 saturated carbocycles. The van der Waals surface area contributed by atoms with Gasteiger partial charge in [0.15, 0.2) is 0 Å². The summed E-state index contributed by atoms with van der Waals surface area (Å²) in [4.78, 5) is 0. The predicted molar refractivity (Wildman–Crippen MR) is 29.8 cm³/mol. The summed E-state index contributed by atoms with van der Waals surface area (Å²) >= 11 is 0. The van der Waals surface area contributed by atoms with Crippen molar-refractivity contribution < 1.29 is 6.85 Å². The largest absolute Gasteiger partial charge is 0.0654 e. The normalized spacial score (nSPS) is 25.8. The molecule has 0 aliphatic carbocycles. The minimum atomic E-state index is -2.47. The van der Waals surface area contributed by atoms with Crippen LogP contribution in [0.2, 0.25) is 0 Å². The highest BCUT2D eigenvalue weighted by Crippen LogP contribution is 1.95. The van der Waals surface area contributed by atoms with E-state index in [-0.39, 0.29) is 6.42 Å². The van der Waals surface area contributed by atoms with E-state index in [0.29, 0.717) is 6.42 Å². The van der Waals surface area contributed by atoms with Crippen molar-refractivity contribution in [3.63, 3.8) is 0 Å². The Morgan fingerprint density at radius 2 is 2.50 bits per heavy atom. The molecule has 0 N–H and O–H groups in total. The Hall–Kier alpha value is 0. The van der Waals surface area contributed by atoms with Crippen molar-refractivity contribution in [3.8, 4) is 0 Å². The Morgan fingerprint density at radius 1 is 1.67 bits per heavy atom. The van der Waals surface area contributed by atoms with Crippen molar-refractivity contribution >= 4 is 0 Å². The average molecular weight is 91.2 g/mol. The number of rotatable bonds is 3. The van der Waals surface area contributed by atoms with Gasteiger partial charge in [-0.25, -0.2) is 0 Å². The molecule has 0 radical (unpaired) electrons. The van der Waals surface area contributed by atoms with Crippen LogP contribution in [0.25, 0.3) is 0 Å². The highest BCUT2D eigenvalue weighted by atomic mass is 13.8. The smallest absolute Gasteiger partial charge is 0.0264 e. The predicted octanol–water partition coefficient (Wildman–Crippen LogP) is 2.59. The molecule has 0 spiro atoms. The highest BCUT2D eigenvalue weighted by Gasteiger charge is 1.75. The van der Waals surface area contributed by atoms with Crippen LogP contribution in [0.1, 0.15) is 46.3 Å². The van der Waals surface area contributed by atoms with E-state index in [9.17, 15) is 0 Å². The van der Waals surface area contributed by atoms with Crippen molar-refractivity contribution in [1.29, 1.82) is 0 Å². The van der Waals surface area contributed by atoms with E-state index in [1.54, 1.807) is 0 Å². The van der Waals surface area contributed by atoms with Gasteiger partial charge in [0.1, 0.15) is 0 Å². The van der Waals surface area contributed by atoms with Crippen molar-refractivity contribution in [1.82, 2.24) is 0 Å². The zero-order valence-electron chi connectivity index (χ0n) is 9.12. The molecule has 0 aliphatic rings. The Kier molecular flexibility index (Phi) is 1.25. The SMILES string of the molecule is [2H]C([2H])([2H])C([2H])([2H])CCCC. The highest BCUT2D eigenvalue weighted by molar-refractivity contribution is 4.31. The first-order chi connectivity index (χ1) is 4.81. The van der Waals surface area contributed by atoms with Gasteiger partial charge in [0, 0.05) is 6.85 Å². The summed E-state index contributed by atoms with van der Waals surface area (Å²) in [5, 5.41) is 0. The molecule has 0 aliphatic heterocycles. The van der Waals surface area contributed by atoms with Gasteiger partial charge in [0.2, 0.25) is 0 Å². The maximum atomic E-state index is 7.19. The van der Waals surface area contributed by atoms with Crippen LogP contribution < -0.4 is 0 Å². The van der Waals surface area contributed by atoms with E-state index in [1.165, 1.54) is 0 Å². The first-order valence-corrected chi connectivity index (χ1v) is 2.31. The van der Waals surface area contributed by atoms with Crippen molar-refractivity contribution in [2.75, 3.05) is 0 Å². The molecule has 0 aromatic heterocycles. The Balaban J connectivity index is 4.00. The van der Waals surface area contributed by atoms with Crippen molar-refractivity contribution in [2.45, 2.75) is 39.4 Å². The third-order valence-corrected chi connectivity index (χ3v) is 0.655. The summed E-state index contributed by atoms with van der Waals surface area (Å²) in [5.41, 5.74) is 0. The minimum absolute atomic E-state index is 0.125. The molecule has 0 heterocycles. The fourth-order valence-corrected chi connectivity index (χ4v) is 0.265. The zero-order valence-corrected chi connectivity index (χ0v) is 4.12. The molecule has 0 saturated heterocycles. The van der Waals surface area contributed by atoms with Crippen LogP contribution in [0, 0.1) is 0 Å². The monoisotopic (exact) mass is 91.1 g/mol. The summed E-state index contributed by atoms with van der Waals surface area (Å²) < 4.78 is 35.0. The lowest BCUT2D eigenvalue weighted by Crippen LogP contribution is -1.66. The van der Waals surface area contributed by atoms with Crippen LogP contribution in [0.15, 0.2) is 0 Å². The lowest BCUT2D eigenvalue weighted by Gasteiger charge is -1.86. The first-order valence-electron chi connectivity index (χ1n) is 4.81. The standard InChI is InChI=1S/C6H14/c1-3-5-6-4-2/h3-6H2,1-2H3/i1D3,3D2. The lowest BCUT2D eigenvalue weighted by atomic mass is 10.2. The van der Waals surface area contributed by atoms with E-state index in [1.807, 2.05) is 6.92 Å². The van der Waals surface area contributed by atoms with Crippen LogP contribution in [-0.4, -0.2) is 0 Å². The van der Waals surface area contributed by atoms with Gasteiger partial charge in [-0.2, -0.15) is 0 Å². The van der Waals surface area contributed by atoms with Crippen LogP contribution in [0.5, 0.6) is 0 Å². The fraction of sp³-hybridized carbons (Fsp3) is 1.00. The van der Waals surface area contributed by atoms with Gasteiger partial charge in [0.25, 0.3) is 0 Å². The van der Waals surface area contributed by atoms with Crippen LogP contribution in [0.3, 0.4) is 0 Å². The second-order valence-corrected chi connectivity index (χ2v) is 1.28. The molecule has 0 atom stereocenters. The van der Waals surface area contributed by atoms with E-state index in [2.05, 4.69) is 0 Å². The molecule has 0 heteroatoms. The Labute approximate surface area is 47.6 Å². The van der Waals surface area contributed by atoms with Crippen LogP contribution >= 0.6 is 0 Å². The van der Waals surface area contributed by atoms with Crippen molar-refractivity contribution in [3.05, 3.63) is 0 Å². The average Bonchev–Trinajstić information content (AvgIpc) is 1.81. The summed E-state index contributed by atoms with van der Waals surface area (Å²) in [6.45, 7) is -0.558. The molecule has 0 fully saturated rings. The second-order valence-electron chi connectivity index (χ2n) is 1.28. The van der Waals surface area contributed by atoms with E-state index < -0.39 is 13.2 Å². The molecule has 0 unspecified atom stereocenters. The Bertz CT molecular complexity index is 115. The summed E-state index contributed by atoms with van der Waals surface area (Å²) in [6, 6.07) is 0. The number of hydrogen-bond donors (Lipinski definition) is 0. The van der Waals surface area contributed by atoms with Gasteiger partial charge < -0.3 is 0 Å². The third kappa shape index (κ3) is 4.00. The first kappa shape index (κ1) is 1.50. The topological polar surface area (TPSA) is 0 Å². The molecule has 6 heavy (non-hydrogen) atoms. The molecular formula is C6H14. The van der Waals surface area contributed by atoms with Gasteiger partial charge in [-0.15, -0.1) is 0 Å². The third-order valence-electron chi connectivity index (χ3n) is 0.655. The minimum Gasteiger partial charge on any atom is -0.0654 e. The molecule has 0 nitrogen and oxygen atoms in total. The number of hydrogen-bond acceptors (Lipinski definition) is 0. The van der Waals surface area contributed by atoms with Gasteiger partial charge in [-0.1, -0.05) is 39.4 Å². The van der Waals surface area contributed by atoms with Gasteiger partial charge in [-0.3, -0.25) is 0 Å². The maximum Gasteiger partial charge on any atom is 0.0264 e. The molecular weight excluding hydrogens is 72.1 g/mol. The van der Waals surface area contributed by atoms with E-state index in [4.69, 9.17) is 6.85 Å². The lowest BCUT2D eigenvalue weighted by molar-refractivity contribution is 0.702. The molecule has 0 aromatic rings. The van der Waals surface area contributed by atoms with Crippen molar-refractivity contribution in [2.24, 2.45) is 0 Å². The summed E-state index contributed by atoms with van der Waals surface area (Å²) in [6.07, 6.45) is -0.427. The molecule has 38 valence electrons. The van der Waals surface area contributed by atoms with Crippen LogP contribution in [0.4, 0.5) is 0 Å². The maximum absolute atomic E-state index is 7.19. The molecule has 0 rings (SSSR count). The van der Waals surface area contributed by atoms with Crippen LogP contribution in [-0.2, 0) is 0 Å². The summed E-state index contributed by atoms with van der Waals surface area (Å²) in [5.74, 6) is 0. The van der Waals surface area contributed by atoms with Gasteiger partial charge in [-0.05, 0) is 0 Å². The molecule has 0 bridgehead atoms. The second kappa shape index (κ2) is 5.00. The van der Waals surface area contributed by atoms with E-state index >= 15 is 0 Å². The number of unbranched alkanes of at least 4 members (excludes halogenated alkanes) is 1. The quantitative estimate of drug-likeness (QED) is 0.501. The Morgan fingerprint density at radius 3 is 3.00 bits per heavy atom. The molecule has 0 aromatic carbocycles. The zero-order chi connectivity index (χ0) is 9.12. The van der Waals surface area contributed by atoms with Gasteiger partial charge in [0.05, 0.1) is 0 Å². The molecule has 0 amide bonds.